The van der Waals surface area contributed by atoms with Gasteiger partial charge in [-0.2, -0.15) is 0 Å². The predicted molar refractivity (Wildman–Crippen MR) is 63.3 cm³/mol. The van der Waals surface area contributed by atoms with Gasteiger partial charge in [0.1, 0.15) is 0 Å². The number of rotatable bonds is 7. The molecule has 0 rings (SSSR count). The predicted octanol–water partition coefficient (Wildman–Crippen LogP) is 3.78. The van der Waals surface area contributed by atoms with Crippen LogP contribution in [-0.4, -0.2) is 11.2 Å². The highest BCUT2D eigenvalue weighted by molar-refractivity contribution is 4.96. The van der Waals surface area contributed by atoms with E-state index in [4.69, 9.17) is 0 Å². The molecule has 0 saturated heterocycles. The van der Waals surface area contributed by atoms with Gasteiger partial charge in [0.2, 0.25) is 0 Å². The molecule has 0 bridgehead atoms. The molecule has 0 spiro atoms. The Morgan fingerprint density at radius 2 is 2.00 bits per heavy atom. The van der Waals surface area contributed by atoms with E-state index in [9.17, 15) is 5.11 Å². The van der Waals surface area contributed by atoms with Crippen LogP contribution in [0.5, 0.6) is 0 Å². The van der Waals surface area contributed by atoms with Gasteiger partial charge < -0.3 is 5.11 Å². The van der Waals surface area contributed by atoms with E-state index in [1.165, 1.54) is 6.42 Å². The van der Waals surface area contributed by atoms with Gasteiger partial charge in [-0.3, -0.25) is 0 Å². The van der Waals surface area contributed by atoms with Crippen molar-refractivity contribution < 1.29 is 5.11 Å². The van der Waals surface area contributed by atoms with Gasteiger partial charge in [-0.05, 0) is 18.8 Å². The summed E-state index contributed by atoms with van der Waals surface area (Å²) < 4.78 is 0. The minimum Gasteiger partial charge on any atom is -0.392 e. The molecule has 0 aromatic rings. The molecule has 0 amide bonds. The summed E-state index contributed by atoms with van der Waals surface area (Å²) in [5, 5.41) is 10.1. The van der Waals surface area contributed by atoms with E-state index in [0.717, 1.165) is 19.3 Å². The Hall–Kier alpha value is -0.300. The highest BCUT2D eigenvalue weighted by Gasteiger charge is 2.29. The third-order valence-corrected chi connectivity index (χ3v) is 2.99. The lowest BCUT2D eigenvalue weighted by molar-refractivity contribution is 0.0453. The lowest BCUT2D eigenvalue weighted by Crippen LogP contribution is -2.31. The smallest absolute Gasteiger partial charge is 0.0630 e. The second-order valence-electron chi connectivity index (χ2n) is 4.96. The topological polar surface area (TPSA) is 20.2 Å². The largest absolute Gasteiger partial charge is 0.392 e. The lowest BCUT2D eigenvalue weighted by atomic mass is 9.77. The molecule has 14 heavy (non-hydrogen) atoms. The van der Waals surface area contributed by atoms with Crippen LogP contribution >= 0.6 is 0 Å². The average molecular weight is 198 g/mol. The normalized spacial score (nSPS) is 17.9. The van der Waals surface area contributed by atoms with E-state index >= 15 is 0 Å². The number of aliphatic hydroxyl groups is 1. The van der Waals surface area contributed by atoms with E-state index in [0.29, 0.717) is 5.92 Å². The summed E-state index contributed by atoms with van der Waals surface area (Å²) in [6.07, 6.45) is 5.93. The maximum Gasteiger partial charge on any atom is 0.0630 e. The monoisotopic (exact) mass is 198 g/mol. The van der Waals surface area contributed by atoms with Crippen LogP contribution in [0, 0.1) is 11.3 Å². The van der Waals surface area contributed by atoms with Crippen molar-refractivity contribution in [1.82, 2.24) is 0 Å². The molecule has 0 heterocycles. The molecular weight excluding hydrogens is 172 g/mol. The Labute approximate surface area is 89.2 Å². The Morgan fingerprint density at radius 1 is 1.43 bits per heavy atom. The summed E-state index contributed by atoms with van der Waals surface area (Å²) in [5.74, 6) is 0.547. The fourth-order valence-corrected chi connectivity index (χ4v) is 1.68. The molecule has 0 aliphatic heterocycles. The van der Waals surface area contributed by atoms with E-state index in [-0.39, 0.29) is 11.5 Å². The fourth-order valence-electron chi connectivity index (χ4n) is 1.68. The Kier molecular flexibility index (Phi) is 6.10. The molecule has 0 aromatic carbocycles. The standard InChI is InChI=1S/C13H26O/c1-6-8-9-13(5,7-2)12(14)10-11(3)4/h7,11-12,14H,2,6,8-10H2,1,3-5H3/t12-,13-/m0/s1. The zero-order chi connectivity index (χ0) is 11.2. The number of hydrogen-bond donors (Lipinski definition) is 1. The van der Waals surface area contributed by atoms with Crippen molar-refractivity contribution in [2.75, 3.05) is 0 Å². The molecule has 0 aromatic heterocycles. The van der Waals surface area contributed by atoms with Gasteiger partial charge in [0.05, 0.1) is 6.10 Å². The molecule has 0 saturated carbocycles. The first kappa shape index (κ1) is 13.7. The Balaban J connectivity index is 4.26. The number of aliphatic hydroxyl groups excluding tert-OH is 1. The van der Waals surface area contributed by atoms with Gasteiger partial charge >= 0.3 is 0 Å². The van der Waals surface area contributed by atoms with Crippen molar-refractivity contribution in [2.45, 2.75) is 59.5 Å². The first-order valence-electron chi connectivity index (χ1n) is 5.78. The fraction of sp³-hybridized carbons (Fsp3) is 0.846. The molecule has 1 N–H and O–H groups in total. The van der Waals surface area contributed by atoms with E-state index in [1.54, 1.807) is 0 Å². The molecule has 84 valence electrons. The number of hydrogen-bond acceptors (Lipinski definition) is 1. The van der Waals surface area contributed by atoms with Crippen molar-refractivity contribution in [3.05, 3.63) is 12.7 Å². The summed E-state index contributed by atoms with van der Waals surface area (Å²) in [5.41, 5.74) is -0.0969. The molecule has 0 radical (unpaired) electrons. The molecule has 0 fully saturated rings. The van der Waals surface area contributed by atoms with Crippen LogP contribution in [-0.2, 0) is 0 Å². The summed E-state index contributed by atoms with van der Waals surface area (Å²) in [6.45, 7) is 12.4. The van der Waals surface area contributed by atoms with Gasteiger partial charge in [-0.25, -0.2) is 0 Å². The second-order valence-corrected chi connectivity index (χ2v) is 4.96. The third-order valence-electron chi connectivity index (χ3n) is 2.99. The molecule has 1 heteroatoms. The van der Waals surface area contributed by atoms with Crippen LogP contribution < -0.4 is 0 Å². The molecule has 2 atom stereocenters. The minimum atomic E-state index is -0.244. The summed E-state index contributed by atoms with van der Waals surface area (Å²) >= 11 is 0. The molecular formula is C13H26O. The Morgan fingerprint density at radius 3 is 2.36 bits per heavy atom. The van der Waals surface area contributed by atoms with Crippen LogP contribution in [0.4, 0.5) is 0 Å². The van der Waals surface area contributed by atoms with Gasteiger partial charge in [-0.1, -0.05) is 46.6 Å². The van der Waals surface area contributed by atoms with Crippen molar-refractivity contribution in [2.24, 2.45) is 11.3 Å². The van der Waals surface area contributed by atoms with E-state index in [1.807, 2.05) is 6.08 Å². The first-order valence-corrected chi connectivity index (χ1v) is 5.78. The van der Waals surface area contributed by atoms with Gasteiger partial charge in [0.15, 0.2) is 0 Å². The molecule has 0 unspecified atom stereocenters. The van der Waals surface area contributed by atoms with Gasteiger partial charge in [0, 0.05) is 5.41 Å². The van der Waals surface area contributed by atoms with Crippen LogP contribution in [0.15, 0.2) is 12.7 Å². The van der Waals surface area contributed by atoms with Gasteiger partial charge in [-0.15, -0.1) is 6.58 Å². The highest BCUT2D eigenvalue weighted by atomic mass is 16.3. The lowest BCUT2D eigenvalue weighted by Gasteiger charge is -2.32. The summed E-state index contributed by atoms with van der Waals surface area (Å²) in [6, 6.07) is 0. The van der Waals surface area contributed by atoms with Crippen LogP contribution in [0.2, 0.25) is 0 Å². The average Bonchev–Trinajstić information content (AvgIpc) is 2.13. The second kappa shape index (κ2) is 6.23. The third kappa shape index (κ3) is 4.28. The van der Waals surface area contributed by atoms with Crippen molar-refractivity contribution in [3.63, 3.8) is 0 Å². The van der Waals surface area contributed by atoms with Crippen LogP contribution in [0.1, 0.15) is 53.4 Å². The Bertz CT molecular complexity index is 163. The maximum atomic E-state index is 10.1. The SMILES string of the molecule is C=C[C@@](C)(CCCC)[C@@H](O)CC(C)C. The zero-order valence-electron chi connectivity index (χ0n) is 10.2. The maximum absolute atomic E-state index is 10.1. The van der Waals surface area contributed by atoms with Crippen molar-refractivity contribution >= 4 is 0 Å². The minimum absolute atomic E-state index is 0.0969. The van der Waals surface area contributed by atoms with E-state index < -0.39 is 0 Å². The molecule has 0 aliphatic rings. The zero-order valence-corrected chi connectivity index (χ0v) is 10.2. The highest BCUT2D eigenvalue weighted by Crippen LogP contribution is 2.32. The summed E-state index contributed by atoms with van der Waals surface area (Å²) in [7, 11) is 0. The molecule has 0 aliphatic carbocycles. The van der Waals surface area contributed by atoms with Crippen LogP contribution in [0.3, 0.4) is 0 Å². The van der Waals surface area contributed by atoms with E-state index in [2.05, 4.69) is 34.3 Å². The van der Waals surface area contributed by atoms with Gasteiger partial charge in [0.25, 0.3) is 0 Å². The molecule has 1 nitrogen and oxygen atoms in total. The number of unbranched alkanes of at least 4 members (excludes halogenated alkanes) is 1. The first-order chi connectivity index (χ1) is 6.46. The quantitative estimate of drug-likeness (QED) is 0.617. The van der Waals surface area contributed by atoms with Crippen molar-refractivity contribution in [1.29, 1.82) is 0 Å². The summed E-state index contributed by atoms with van der Waals surface area (Å²) in [4.78, 5) is 0. The van der Waals surface area contributed by atoms with Crippen molar-refractivity contribution in [3.8, 4) is 0 Å². The van der Waals surface area contributed by atoms with Crippen LogP contribution in [0.25, 0.3) is 0 Å².